The molecule has 0 saturated heterocycles. The fourth-order valence-electron chi connectivity index (χ4n) is 1.98. The number of ether oxygens (including phenoxy) is 1. The van der Waals surface area contributed by atoms with Gasteiger partial charge >= 0.3 is 5.97 Å². The van der Waals surface area contributed by atoms with E-state index in [1.165, 1.54) is 30.5 Å². The van der Waals surface area contributed by atoms with Gasteiger partial charge in [0, 0.05) is 18.2 Å². The summed E-state index contributed by atoms with van der Waals surface area (Å²) in [6, 6.07) is 8.86. The number of hydrogen-bond donors (Lipinski definition) is 1. The molecule has 2 rings (SSSR count). The maximum atomic E-state index is 11.7. The molecule has 0 aliphatic carbocycles. The average Bonchev–Trinajstić information content (AvgIpc) is 3.13. The SMILES string of the molecule is C[C@H](NC(=O)COC(=O)/C=C/c1cccc([N+](=O)[O-])c1)c1ccco1. The van der Waals surface area contributed by atoms with Crippen LogP contribution in [0.25, 0.3) is 6.08 Å². The summed E-state index contributed by atoms with van der Waals surface area (Å²) in [6.45, 7) is 1.30. The number of nitro benzene ring substituents is 1. The summed E-state index contributed by atoms with van der Waals surface area (Å²) in [7, 11) is 0. The number of benzene rings is 1. The van der Waals surface area contributed by atoms with E-state index >= 15 is 0 Å². The zero-order chi connectivity index (χ0) is 18.2. The van der Waals surface area contributed by atoms with E-state index in [-0.39, 0.29) is 11.7 Å². The first kappa shape index (κ1) is 17.9. The highest BCUT2D eigenvalue weighted by atomic mass is 16.6. The van der Waals surface area contributed by atoms with Gasteiger partial charge in [0.25, 0.3) is 11.6 Å². The topological polar surface area (TPSA) is 112 Å². The van der Waals surface area contributed by atoms with Gasteiger partial charge in [-0.15, -0.1) is 0 Å². The van der Waals surface area contributed by atoms with Gasteiger partial charge in [-0.2, -0.15) is 0 Å². The van der Waals surface area contributed by atoms with E-state index in [0.717, 1.165) is 6.08 Å². The number of nitrogens with one attached hydrogen (secondary N) is 1. The molecular formula is C17H16N2O6. The Morgan fingerprint density at radius 2 is 2.16 bits per heavy atom. The lowest BCUT2D eigenvalue weighted by Crippen LogP contribution is -2.30. The summed E-state index contributed by atoms with van der Waals surface area (Å²) in [6.07, 6.45) is 3.97. The lowest BCUT2D eigenvalue weighted by molar-refractivity contribution is -0.384. The van der Waals surface area contributed by atoms with Crippen LogP contribution in [-0.4, -0.2) is 23.4 Å². The van der Waals surface area contributed by atoms with Gasteiger partial charge in [0.2, 0.25) is 0 Å². The van der Waals surface area contributed by atoms with E-state index in [1.54, 1.807) is 25.1 Å². The Labute approximate surface area is 143 Å². The second-order valence-electron chi connectivity index (χ2n) is 5.10. The molecule has 8 heteroatoms. The standard InChI is InChI=1S/C17H16N2O6/c1-12(15-6-3-9-24-15)18-16(20)11-25-17(21)8-7-13-4-2-5-14(10-13)19(22)23/h2-10,12H,11H2,1H3,(H,18,20)/b8-7+/t12-/m0/s1. The van der Waals surface area contributed by atoms with Crippen LogP contribution in [0.15, 0.2) is 53.2 Å². The molecule has 1 atom stereocenters. The summed E-state index contributed by atoms with van der Waals surface area (Å²) in [5, 5.41) is 13.3. The number of nitro groups is 1. The fraction of sp³-hybridized carbons (Fsp3) is 0.176. The van der Waals surface area contributed by atoms with Gasteiger partial charge in [-0.25, -0.2) is 4.79 Å². The lowest BCUT2D eigenvalue weighted by atomic mass is 10.2. The molecule has 1 aromatic carbocycles. The Morgan fingerprint density at radius 3 is 2.84 bits per heavy atom. The van der Waals surface area contributed by atoms with Crippen molar-refractivity contribution in [1.29, 1.82) is 0 Å². The molecule has 0 aliphatic heterocycles. The number of amides is 1. The van der Waals surface area contributed by atoms with Gasteiger partial charge in [0.1, 0.15) is 5.76 Å². The molecule has 0 spiro atoms. The fourth-order valence-corrected chi connectivity index (χ4v) is 1.98. The van der Waals surface area contributed by atoms with Crippen LogP contribution in [0.4, 0.5) is 5.69 Å². The molecule has 0 fully saturated rings. The van der Waals surface area contributed by atoms with Gasteiger partial charge < -0.3 is 14.5 Å². The molecule has 1 aromatic heterocycles. The summed E-state index contributed by atoms with van der Waals surface area (Å²) >= 11 is 0. The molecule has 0 saturated carbocycles. The van der Waals surface area contributed by atoms with Crippen LogP contribution in [0.5, 0.6) is 0 Å². The monoisotopic (exact) mass is 344 g/mol. The molecule has 1 amide bonds. The summed E-state index contributed by atoms with van der Waals surface area (Å²) < 4.78 is 9.97. The molecule has 1 heterocycles. The maximum Gasteiger partial charge on any atom is 0.331 e. The largest absolute Gasteiger partial charge is 0.467 e. The third-order valence-electron chi connectivity index (χ3n) is 3.19. The molecule has 130 valence electrons. The first-order chi connectivity index (χ1) is 12.0. The van der Waals surface area contributed by atoms with E-state index < -0.39 is 23.4 Å². The zero-order valence-corrected chi connectivity index (χ0v) is 13.4. The number of furan rings is 1. The van der Waals surface area contributed by atoms with Crippen molar-refractivity contribution < 1.29 is 23.7 Å². The predicted octanol–water partition coefficient (Wildman–Crippen LogP) is 2.62. The van der Waals surface area contributed by atoms with Crippen molar-refractivity contribution in [2.75, 3.05) is 6.61 Å². The Balaban J connectivity index is 1.81. The Hall–Kier alpha value is -3.42. The first-order valence-corrected chi connectivity index (χ1v) is 7.38. The number of nitrogens with zero attached hydrogens (tertiary/aromatic N) is 1. The van der Waals surface area contributed by atoms with Crippen molar-refractivity contribution in [3.8, 4) is 0 Å². The quantitative estimate of drug-likeness (QED) is 0.358. The molecule has 0 bridgehead atoms. The van der Waals surface area contributed by atoms with Crippen LogP contribution in [0.1, 0.15) is 24.3 Å². The second-order valence-corrected chi connectivity index (χ2v) is 5.10. The molecule has 0 aliphatic rings. The normalized spacial score (nSPS) is 11.9. The van der Waals surface area contributed by atoms with E-state index in [2.05, 4.69) is 5.32 Å². The highest BCUT2D eigenvalue weighted by molar-refractivity contribution is 5.89. The maximum absolute atomic E-state index is 11.7. The summed E-state index contributed by atoms with van der Waals surface area (Å²) in [5.74, 6) is -0.612. The molecule has 0 radical (unpaired) electrons. The Kier molecular flexibility index (Phi) is 6.05. The van der Waals surface area contributed by atoms with E-state index in [0.29, 0.717) is 11.3 Å². The van der Waals surface area contributed by atoms with Crippen LogP contribution in [0.3, 0.4) is 0 Å². The zero-order valence-electron chi connectivity index (χ0n) is 13.4. The third-order valence-corrected chi connectivity index (χ3v) is 3.19. The highest BCUT2D eigenvalue weighted by Crippen LogP contribution is 2.14. The van der Waals surface area contributed by atoms with Crippen LogP contribution in [0.2, 0.25) is 0 Å². The minimum absolute atomic E-state index is 0.0817. The van der Waals surface area contributed by atoms with Gasteiger partial charge in [-0.05, 0) is 30.7 Å². The van der Waals surface area contributed by atoms with E-state index in [4.69, 9.17) is 9.15 Å². The van der Waals surface area contributed by atoms with E-state index in [9.17, 15) is 19.7 Å². The predicted molar refractivity (Wildman–Crippen MR) is 88.4 cm³/mol. The summed E-state index contributed by atoms with van der Waals surface area (Å²) in [5.41, 5.74) is 0.392. The first-order valence-electron chi connectivity index (χ1n) is 7.38. The van der Waals surface area contributed by atoms with Gasteiger partial charge in [0.15, 0.2) is 6.61 Å². The number of hydrogen-bond acceptors (Lipinski definition) is 6. The molecule has 2 aromatic rings. The van der Waals surface area contributed by atoms with Crippen molar-refractivity contribution in [2.45, 2.75) is 13.0 Å². The van der Waals surface area contributed by atoms with Crippen LogP contribution < -0.4 is 5.32 Å². The highest BCUT2D eigenvalue weighted by Gasteiger charge is 2.12. The number of esters is 1. The van der Waals surface area contributed by atoms with Crippen LogP contribution in [-0.2, 0) is 14.3 Å². The van der Waals surface area contributed by atoms with Crippen LogP contribution >= 0.6 is 0 Å². The van der Waals surface area contributed by atoms with Crippen LogP contribution in [0, 0.1) is 10.1 Å². The average molecular weight is 344 g/mol. The van der Waals surface area contributed by atoms with Crippen molar-refractivity contribution in [3.63, 3.8) is 0 Å². The lowest BCUT2D eigenvalue weighted by Gasteiger charge is -2.11. The molecule has 0 unspecified atom stereocenters. The molecule has 8 nitrogen and oxygen atoms in total. The minimum atomic E-state index is -0.729. The van der Waals surface area contributed by atoms with Gasteiger partial charge in [-0.3, -0.25) is 14.9 Å². The smallest absolute Gasteiger partial charge is 0.331 e. The van der Waals surface area contributed by atoms with Crippen molar-refractivity contribution in [2.24, 2.45) is 0 Å². The number of carbonyl (C=O) groups excluding carboxylic acids is 2. The molecular weight excluding hydrogens is 328 g/mol. The van der Waals surface area contributed by atoms with E-state index in [1.807, 2.05) is 0 Å². The van der Waals surface area contributed by atoms with Gasteiger partial charge in [0.05, 0.1) is 17.2 Å². The summed E-state index contributed by atoms with van der Waals surface area (Å²) in [4.78, 5) is 33.5. The number of non-ortho nitro benzene ring substituents is 1. The Bertz CT molecular complexity index is 782. The van der Waals surface area contributed by atoms with Crippen molar-refractivity contribution in [3.05, 3.63) is 70.2 Å². The number of rotatable bonds is 7. The van der Waals surface area contributed by atoms with Gasteiger partial charge in [-0.1, -0.05) is 12.1 Å². The van der Waals surface area contributed by atoms with Crippen molar-refractivity contribution in [1.82, 2.24) is 5.32 Å². The third kappa shape index (κ3) is 5.61. The molecule has 25 heavy (non-hydrogen) atoms. The van der Waals surface area contributed by atoms with Crippen molar-refractivity contribution >= 4 is 23.6 Å². The Morgan fingerprint density at radius 1 is 1.36 bits per heavy atom. The number of carbonyl (C=O) groups is 2. The molecule has 1 N–H and O–H groups in total. The second kappa shape index (κ2) is 8.44. The minimum Gasteiger partial charge on any atom is -0.467 e.